The average molecular weight is 473 g/mol. The first kappa shape index (κ1) is 21.9. The van der Waals surface area contributed by atoms with Crippen molar-refractivity contribution in [2.75, 3.05) is 40.4 Å². The van der Waals surface area contributed by atoms with Crippen molar-refractivity contribution < 1.29 is 22.6 Å². The smallest absolute Gasteiger partial charge is 0.416 e. The predicted molar refractivity (Wildman–Crippen MR) is 110 cm³/mol. The van der Waals surface area contributed by atoms with Crippen molar-refractivity contribution in [2.24, 2.45) is 0 Å². The normalized spacial score (nSPS) is 16.9. The fraction of sp³-hybridized carbons (Fsp3) is 0.429. The summed E-state index contributed by atoms with van der Waals surface area (Å²) in [7, 11) is 3.14. The van der Waals surface area contributed by atoms with Crippen molar-refractivity contribution in [3.8, 4) is 11.5 Å². The van der Waals surface area contributed by atoms with Gasteiger partial charge in [0.1, 0.15) is 0 Å². The van der Waals surface area contributed by atoms with Gasteiger partial charge in [0.15, 0.2) is 11.5 Å². The fourth-order valence-electron chi connectivity index (χ4n) is 3.65. The molecule has 0 bridgehead atoms. The van der Waals surface area contributed by atoms with E-state index in [1.807, 2.05) is 12.1 Å². The Kier molecular flexibility index (Phi) is 7.08. The zero-order valence-corrected chi connectivity index (χ0v) is 17.9. The molecule has 2 aromatic carbocycles. The van der Waals surface area contributed by atoms with Gasteiger partial charge in [-0.25, -0.2) is 0 Å². The summed E-state index contributed by atoms with van der Waals surface area (Å²) in [6.07, 6.45) is -3.40. The zero-order valence-electron chi connectivity index (χ0n) is 16.4. The molecule has 1 heterocycles. The lowest BCUT2D eigenvalue weighted by Crippen LogP contribution is -2.33. The van der Waals surface area contributed by atoms with Crippen LogP contribution in [0.2, 0.25) is 0 Å². The number of methoxy groups -OCH3 is 2. The van der Waals surface area contributed by atoms with E-state index in [1.165, 1.54) is 0 Å². The van der Waals surface area contributed by atoms with Gasteiger partial charge in [0.05, 0.1) is 25.8 Å². The van der Waals surface area contributed by atoms with Gasteiger partial charge in [-0.3, -0.25) is 4.90 Å². The highest BCUT2D eigenvalue weighted by Gasteiger charge is 2.31. The van der Waals surface area contributed by atoms with Gasteiger partial charge in [-0.15, -0.1) is 0 Å². The molecule has 1 N–H and O–H groups in total. The minimum Gasteiger partial charge on any atom is -0.493 e. The molecule has 1 atom stereocenters. The second-order valence-electron chi connectivity index (χ2n) is 6.89. The van der Waals surface area contributed by atoms with E-state index in [0.29, 0.717) is 11.5 Å². The molecule has 4 nitrogen and oxygen atoms in total. The van der Waals surface area contributed by atoms with Crippen LogP contribution in [0.3, 0.4) is 0 Å². The van der Waals surface area contributed by atoms with Crippen LogP contribution in [0.15, 0.2) is 40.9 Å². The average Bonchev–Trinajstić information content (AvgIpc) is 2.98. The summed E-state index contributed by atoms with van der Waals surface area (Å²) >= 11 is 3.62. The Morgan fingerprint density at radius 2 is 1.66 bits per heavy atom. The number of alkyl halides is 3. The van der Waals surface area contributed by atoms with Crippen LogP contribution in [0.1, 0.15) is 29.2 Å². The van der Waals surface area contributed by atoms with Crippen molar-refractivity contribution in [3.63, 3.8) is 0 Å². The minimum atomic E-state index is -4.36. The van der Waals surface area contributed by atoms with Crippen molar-refractivity contribution in [1.29, 1.82) is 0 Å². The lowest BCUT2D eigenvalue weighted by atomic mass is 9.95. The Morgan fingerprint density at radius 1 is 1.00 bits per heavy atom. The number of nitrogens with zero attached hydrogens (tertiary/aromatic N) is 1. The van der Waals surface area contributed by atoms with Crippen LogP contribution in [0.4, 0.5) is 13.2 Å². The molecule has 0 aliphatic carbocycles. The maximum atomic E-state index is 13.0. The maximum absolute atomic E-state index is 13.0. The first-order valence-corrected chi connectivity index (χ1v) is 10.2. The number of rotatable bonds is 5. The van der Waals surface area contributed by atoms with E-state index in [4.69, 9.17) is 9.47 Å². The summed E-state index contributed by atoms with van der Waals surface area (Å²) in [5.41, 5.74) is 1.07. The van der Waals surface area contributed by atoms with E-state index < -0.39 is 11.7 Å². The molecule has 0 amide bonds. The highest BCUT2D eigenvalue weighted by Crippen LogP contribution is 2.41. The van der Waals surface area contributed by atoms with Crippen molar-refractivity contribution in [2.45, 2.75) is 18.6 Å². The van der Waals surface area contributed by atoms with Gasteiger partial charge in [0.2, 0.25) is 0 Å². The Balaban J connectivity index is 2.09. The molecule has 158 valence electrons. The molecular formula is C21H24BrF3N2O2. The third-order valence-electron chi connectivity index (χ3n) is 5.09. The first-order valence-electron chi connectivity index (χ1n) is 9.38. The van der Waals surface area contributed by atoms with E-state index in [-0.39, 0.29) is 6.04 Å². The second-order valence-corrected chi connectivity index (χ2v) is 7.74. The SMILES string of the molecule is COc1cc(Br)c(C(c2ccc(C(F)(F)F)cc2)N2CCCNCC2)cc1OC. The lowest BCUT2D eigenvalue weighted by Gasteiger charge is -2.32. The van der Waals surface area contributed by atoms with Crippen LogP contribution in [0.5, 0.6) is 11.5 Å². The van der Waals surface area contributed by atoms with E-state index in [0.717, 1.165) is 60.3 Å². The van der Waals surface area contributed by atoms with E-state index >= 15 is 0 Å². The van der Waals surface area contributed by atoms with Crippen LogP contribution >= 0.6 is 15.9 Å². The number of ether oxygens (including phenoxy) is 2. The third-order valence-corrected chi connectivity index (χ3v) is 5.78. The monoisotopic (exact) mass is 472 g/mol. The van der Waals surface area contributed by atoms with Crippen LogP contribution in [-0.4, -0.2) is 45.3 Å². The van der Waals surface area contributed by atoms with Crippen LogP contribution in [0.25, 0.3) is 0 Å². The number of hydrogen-bond acceptors (Lipinski definition) is 4. The summed E-state index contributed by atoms with van der Waals surface area (Å²) < 4.78 is 50.8. The Morgan fingerprint density at radius 3 is 2.28 bits per heavy atom. The molecule has 8 heteroatoms. The van der Waals surface area contributed by atoms with Gasteiger partial charge in [-0.05, 0) is 48.4 Å². The molecule has 1 saturated heterocycles. The van der Waals surface area contributed by atoms with Crippen molar-refractivity contribution >= 4 is 15.9 Å². The first-order chi connectivity index (χ1) is 13.8. The predicted octanol–water partition coefficient (Wildman–Crippen LogP) is 4.87. The summed E-state index contributed by atoms with van der Waals surface area (Å²) in [6.45, 7) is 3.36. The number of nitrogens with one attached hydrogen (secondary N) is 1. The maximum Gasteiger partial charge on any atom is 0.416 e. The second kappa shape index (κ2) is 9.36. The van der Waals surface area contributed by atoms with Gasteiger partial charge < -0.3 is 14.8 Å². The molecule has 1 aliphatic rings. The van der Waals surface area contributed by atoms with E-state index in [1.54, 1.807) is 26.4 Å². The topological polar surface area (TPSA) is 33.7 Å². The molecule has 1 aliphatic heterocycles. The number of halogens is 4. The highest BCUT2D eigenvalue weighted by molar-refractivity contribution is 9.10. The van der Waals surface area contributed by atoms with Crippen molar-refractivity contribution in [1.82, 2.24) is 10.2 Å². The summed E-state index contributed by atoms with van der Waals surface area (Å²) in [5, 5.41) is 3.37. The van der Waals surface area contributed by atoms with Crippen LogP contribution in [0, 0.1) is 0 Å². The highest BCUT2D eigenvalue weighted by atomic mass is 79.9. The van der Waals surface area contributed by atoms with Gasteiger partial charge in [-0.1, -0.05) is 28.1 Å². The Hall–Kier alpha value is -1.77. The molecule has 2 aromatic rings. The van der Waals surface area contributed by atoms with E-state index in [9.17, 15) is 13.2 Å². The summed E-state index contributed by atoms with van der Waals surface area (Å²) in [5.74, 6) is 1.17. The van der Waals surface area contributed by atoms with Crippen LogP contribution in [-0.2, 0) is 6.18 Å². The molecule has 1 unspecified atom stereocenters. The minimum absolute atomic E-state index is 0.216. The molecule has 0 spiro atoms. The lowest BCUT2D eigenvalue weighted by molar-refractivity contribution is -0.137. The van der Waals surface area contributed by atoms with Gasteiger partial charge in [0.25, 0.3) is 0 Å². The Labute approximate surface area is 177 Å². The third kappa shape index (κ3) is 5.05. The zero-order chi connectivity index (χ0) is 21.0. The van der Waals surface area contributed by atoms with Gasteiger partial charge in [-0.2, -0.15) is 13.2 Å². The summed E-state index contributed by atoms with van der Waals surface area (Å²) in [6, 6.07) is 8.93. The molecule has 0 saturated carbocycles. The quantitative estimate of drug-likeness (QED) is 0.672. The molecule has 1 fully saturated rings. The summed E-state index contributed by atoms with van der Waals surface area (Å²) in [4.78, 5) is 2.29. The Bertz CT molecular complexity index is 820. The largest absolute Gasteiger partial charge is 0.493 e. The molecule has 0 radical (unpaired) electrons. The molecule has 29 heavy (non-hydrogen) atoms. The fourth-order valence-corrected chi connectivity index (χ4v) is 4.18. The van der Waals surface area contributed by atoms with Crippen molar-refractivity contribution in [3.05, 3.63) is 57.6 Å². The molecular weight excluding hydrogens is 449 g/mol. The van der Waals surface area contributed by atoms with E-state index in [2.05, 4.69) is 26.1 Å². The van der Waals surface area contributed by atoms with Gasteiger partial charge >= 0.3 is 6.18 Å². The molecule has 0 aromatic heterocycles. The van der Waals surface area contributed by atoms with Crippen LogP contribution < -0.4 is 14.8 Å². The molecule has 3 rings (SSSR count). The number of hydrogen-bond donors (Lipinski definition) is 1. The van der Waals surface area contributed by atoms with Gasteiger partial charge in [0, 0.05) is 24.1 Å². The number of benzene rings is 2. The standard InChI is InChI=1S/C21H24BrF3N2O2/c1-28-18-12-16(17(22)13-19(18)29-2)20(27-10-3-8-26-9-11-27)14-4-6-15(7-5-14)21(23,24)25/h4-7,12-13,20,26H,3,8-11H2,1-2H3.